The van der Waals surface area contributed by atoms with E-state index in [1.807, 2.05) is 6.92 Å². The molecule has 0 amide bonds. The SMILES string of the molecule is Cc1nc(NC(C)C(=O)O)c2c(n1)c(C)nn2C. The Bertz CT molecular complexity index is 619. The largest absolute Gasteiger partial charge is 0.480 e. The fraction of sp³-hybridized carbons (Fsp3) is 0.455. The summed E-state index contributed by atoms with van der Waals surface area (Å²) in [6, 6.07) is -0.724. The third-order valence-corrected chi connectivity index (χ3v) is 2.69. The maximum absolute atomic E-state index is 10.9. The van der Waals surface area contributed by atoms with Gasteiger partial charge in [0.2, 0.25) is 0 Å². The number of hydrogen-bond acceptors (Lipinski definition) is 5. The number of fused-ring (bicyclic) bond motifs is 1. The molecule has 7 nitrogen and oxygen atoms in total. The summed E-state index contributed by atoms with van der Waals surface area (Å²) in [5, 5.41) is 16.1. The van der Waals surface area contributed by atoms with Gasteiger partial charge in [-0.25, -0.2) is 9.97 Å². The van der Waals surface area contributed by atoms with E-state index in [2.05, 4.69) is 20.4 Å². The number of hydrogen-bond donors (Lipinski definition) is 2. The summed E-state index contributed by atoms with van der Waals surface area (Å²) in [6.07, 6.45) is 0. The minimum absolute atomic E-state index is 0.496. The maximum atomic E-state index is 10.9. The second kappa shape index (κ2) is 4.25. The molecule has 2 aromatic heterocycles. The molecule has 0 aliphatic heterocycles. The van der Waals surface area contributed by atoms with Gasteiger partial charge in [0.1, 0.15) is 22.9 Å². The van der Waals surface area contributed by atoms with Gasteiger partial charge in [-0.2, -0.15) is 5.10 Å². The lowest BCUT2D eigenvalue weighted by Gasteiger charge is -2.11. The molecule has 0 aromatic carbocycles. The van der Waals surface area contributed by atoms with Gasteiger partial charge in [0.15, 0.2) is 5.82 Å². The summed E-state index contributed by atoms with van der Waals surface area (Å²) >= 11 is 0. The number of aryl methyl sites for hydroxylation is 3. The topological polar surface area (TPSA) is 92.9 Å². The molecule has 0 saturated carbocycles. The lowest BCUT2D eigenvalue weighted by Crippen LogP contribution is -2.26. The van der Waals surface area contributed by atoms with E-state index in [4.69, 9.17) is 5.11 Å². The van der Waals surface area contributed by atoms with Crippen LogP contribution >= 0.6 is 0 Å². The van der Waals surface area contributed by atoms with Crippen molar-refractivity contribution in [3.63, 3.8) is 0 Å². The molecule has 2 aromatic rings. The van der Waals surface area contributed by atoms with Gasteiger partial charge in [0.25, 0.3) is 0 Å². The van der Waals surface area contributed by atoms with Crippen LogP contribution < -0.4 is 5.32 Å². The molecule has 18 heavy (non-hydrogen) atoms. The van der Waals surface area contributed by atoms with E-state index in [-0.39, 0.29) is 0 Å². The molecule has 0 saturated heterocycles. The fourth-order valence-corrected chi connectivity index (χ4v) is 1.82. The van der Waals surface area contributed by atoms with Crippen LogP contribution in [0, 0.1) is 13.8 Å². The number of nitrogens with one attached hydrogen (secondary N) is 1. The number of anilines is 1. The van der Waals surface area contributed by atoms with Gasteiger partial charge in [-0.15, -0.1) is 0 Å². The zero-order valence-electron chi connectivity index (χ0n) is 10.7. The average molecular weight is 249 g/mol. The first-order chi connectivity index (χ1) is 8.40. The minimum Gasteiger partial charge on any atom is -0.480 e. The molecular formula is C11H15N5O2. The van der Waals surface area contributed by atoms with Crippen molar-refractivity contribution in [3.8, 4) is 0 Å². The van der Waals surface area contributed by atoms with Crippen LogP contribution in [-0.4, -0.2) is 36.9 Å². The van der Waals surface area contributed by atoms with Crippen molar-refractivity contribution in [1.29, 1.82) is 0 Å². The predicted molar refractivity (Wildman–Crippen MR) is 66.5 cm³/mol. The molecule has 96 valence electrons. The van der Waals surface area contributed by atoms with E-state index < -0.39 is 12.0 Å². The van der Waals surface area contributed by atoms with Gasteiger partial charge in [-0.05, 0) is 20.8 Å². The van der Waals surface area contributed by atoms with Gasteiger partial charge in [0.05, 0.1) is 5.69 Å². The summed E-state index contributed by atoms with van der Waals surface area (Å²) in [5.74, 6) is 0.146. The van der Waals surface area contributed by atoms with Gasteiger partial charge in [-0.3, -0.25) is 9.48 Å². The molecule has 1 atom stereocenters. The molecule has 0 aliphatic carbocycles. The van der Waals surface area contributed by atoms with Crippen molar-refractivity contribution in [2.75, 3.05) is 5.32 Å². The Morgan fingerprint density at radius 1 is 1.39 bits per heavy atom. The molecular weight excluding hydrogens is 234 g/mol. The van der Waals surface area contributed by atoms with Crippen LogP contribution in [0.4, 0.5) is 5.82 Å². The lowest BCUT2D eigenvalue weighted by molar-refractivity contribution is -0.137. The molecule has 2 rings (SSSR count). The number of aromatic nitrogens is 4. The molecule has 7 heteroatoms. The molecule has 2 heterocycles. The van der Waals surface area contributed by atoms with E-state index in [0.717, 1.165) is 11.2 Å². The fourth-order valence-electron chi connectivity index (χ4n) is 1.82. The van der Waals surface area contributed by atoms with E-state index >= 15 is 0 Å². The Morgan fingerprint density at radius 2 is 2.06 bits per heavy atom. The zero-order valence-corrected chi connectivity index (χ0v) is 10.7. The van der Waals surface area contributed by atoms with E-state index in [0.29, 0.717) is 17.2 Å². The molecule has 0 spiro atoms. The first kappa shape index (κ1) is 12.3. The highest BCUT2D eigenvalue weighted by atomic mass is 16.4. The monoisotopic (exact) mass is 249 g/mol. The highest BCUT2D eigenvalue weighted by molar-refractivity contribution is 5.89. The standard InChI is InChI=1S/C11H15N5O2/c1-5-8-9(16(4)15-5)10(14-7(3)13-8)12-6(2)11(17)18/h6H,1-4H3,(H,17,18)(H,12,13,14). The Labute approximate surface area is 104 Å². The summed E-state index contributed by atoms with van der Waals surface area (Å²) in [7, 11) is 1.78. The van der Waals surface area contributed by atoms with Crippen LogP contribution in [0.3, 0.4) is 0 Å². The van der Waals surface area contributed by atoms with E-state index in [9.17, 15) is 4.79 Å². The third kappa shape index (κ3) is 1.99. The van der Waals surface area contributed by atoms with Crippen molar-refractivity contribution in [1.82, 2.24) is 19.7 Å². The van der Waals surface area contributed by atoms with Crippen molar-refractivity contribution in [3.05, 3.63) is 11.5 Å². The third-order valence-electron chi connectivity index (χ3n) is 2.69. The van der Waals surface area contributed by atoms with Gasteiger partial charge >= 0.3 is 5.97 Å². The average Bonchev–Trinajstić information content (AvgIpc) is 2.54. The highest BCUT2D eigenvalue weighted by Gasteiger charge is 2.17. The first-order valence-corrected chi connectivity index (χ1v) is 5.57. The maximum Gasteiger partial charge on any atom is 0.325 e. The molecule has 1 unspecified atom stereocenters. The second-order valence-corrected chi connectivity index (χ2v) is 4.23. The Kier molecular flexibility index (Phi) is 2.90. The number of aliphatic carboxylic acids is 1. The Morgan fingerprint density at radius 3 is 2.67 bits per heavy atom. The molecule has 2 N–H and O–H groups in total. The molecule has 0 fully saturated rings. The number of carbonyl (C=O) groups is 1. The van der Waals surface area contributed by atoms with Crippen LogP contribution in [-0.2, 0) is 11.8 Å². The number of rotatable bonds is 3. The van der Waals surface area contributed by atoms with E-state index in [1.165, 1.54) is 0 Å². The van der Waals surface area contributed by atoms with Crippen molar-refractivity contribution >= 4 is 22.8 Å². The van der Waals surface area contributed by atoms with Gasteiger partial charge in [-0.1, -0.05) is 0 Å². The van der Waals surface area contributed by atoms with Gasteiger partial charge in [0, 0.05) is 7.05 Å². The zero-order chi connectivity index (χ0) is 13.4. The smallest absolute Gasteiger partial charge is 0.325 e. The van der Waals surface area contributed by atoms with Crippen molar-refractivity contribution < 1.29 is 9.90 Å². The number of carboxylic acids is 1. The second-order valence-electron chi connectivity index (χ2n) is 4.23. The summed E-state index contributed by atoms with van der Waals surface area (Å²) in [5.41, 5.74) is 2.25. The highest BCUT2D eigenvalue weighted by Crippen LogP contribution is 2.22. The van der Waals surface area contributed by atoms with Crippen LogP contribution in [0.2, 0.25) is 0 Å². The first-order valence-electron chi connectivity index (χ1n) is 5.57. The van der Waals surface area contributed by atoms with Crippen LogP contribution in [0.25, 0.3) is 11.0 Å². The Balaban J connectivity index is 2.59. The minimum atomic E-state index is -0.932. The van der Waals surface area contributed by atoms with Crippen molar-refractivity contribution in [2.45, 2.75) is 26.8 Å². The molecule has 0 aliphatic rings. The number of nitrogens with zero attached hydrogens (tertiary/aromatic N) is 4. The van der Waals surface area contributed by atoms with Crippen molar-refractivity contribution in [2.24, 2.45) is 7.05 Å². The molecule has 0 radical (unpaired) electrons. The van der Waals surface area contributed by atoms with Crippen LogP contribution in [0.5, 0.6) is 0 Å². The van der Waals surface area contributed by atoms with E-state index in [1.54, 1.807) is 25.6 Å². The summed E-state index contributed by atoms with van der Waals surface area (Å²) in [4.78, 5) is 19.5. The Hall–Kier alpha value is -2.18. The molecule has 0 bridgehead atoms. The van der Waals surface area contributed by atoms with Crippen LogP contribution in [0.1, 0.15) is 18.4 Å². The van der Waals surface area contributed by atoms with Crippen LogP contribution in [0.15, 0.2) is 0 Å². The summed E-state index contributed by atoms with van der Waals surface area (Å²) in [6.45, 7) is 5.19. The lowest BCUT2D eigenvalue weighted by atomic mass is 10.3. The predicted octanol–water partition coefficient (Wildman–Crippen LogP) is 0.865. The number of carboxylic acid groups (broad SMARTS) is 1. The summed E-state index contributed by atoms with van der Waals surface area (Å²) < 4.78 is 1.65. The normalized spacial score (nSPS) is 12.7. The van der Waals surface area contributed by atoms with Gasteiger partial charge < -0.3 is 10.4 Å². The quantitative estimate of drug-likeness (QED) is 0.838.